The molecule has 1 saturated carbocycles. The van der Waals surface area contributed by atoms with Gasteiger partial charge in [-0.15, -0.1) is 0 Å². The minimum Gasteiger partial charge on any atom is -0.349 e. The first-order valence-corrected chi connectivity index (χ1v) is 9.11. The van der Waals surface area contributed by atoms with Crippen LogP contribution in [0.2, 0.25) is 10.3 Å². The average molecular weight is 393 g/mol. The molecule has 136 valence electrons. The van der Waals surface area contributed by atoms with Crippen molar-refractivity contribution in [2.75, 3.05) is 0 Å². The second-order valence-electron chi connectivity index (χ2n) is 6.23. The van der Waals surface area contributed by atoms with E-state index in [0.29, 0.717) is 21.4 Å². The molecule has 2 aromatic rings. The third kappa shape index (κ3) is 4.93. The molecule has 0 bridgehead atoms. The van der Waals surface area contributed by atoms with Crippen molar-refractivity contribution in [1.82, 2.24) is 20.6 Å². The van der Waals surface area contributed by atoms with E-state index in [9.17, 15) is 9.59 Å². The highest BCUT2D eigenvalue weighted by Gasteiger charge is 2.24. The van der Waals surface area contributed by atoms with Crippen molar-refractivity contribution in [2.24, 2.45) is 0 Å². The molecule has 0 saturated heterocycles. The molecule has 6 nitrogen and oxygen atoms in total. The maximum atomic E-state index is 12.2. The zero-order valence-electron chi connectivity index (χ0n) is 13.9. The van der Waals surface area contributed by atoms with E-state index in [4.69, 9.17) is 23.2 Å². The largest absolute Gasteiger partial charge is 0.349 e. The van der Waals surface area contributed by atoms with E-state index in [1.54, 1.807) is 24.3 Å². The van der Waals surface area contributed by atoms with E-state index in [-0.39, 0.29) is 23.9 Å². The Balaban J connectivity index is 1.46. The minimum atomic E-state index is -0.158. The Morgan fingerprint density at radius 3 is 1.46 bits per heavy atom. The van der Waals surface area contributed by atoms with Gasteiger partial charge in [-0.25, -0.2) is 9.97 Å². The molecule has 2 heterocycles. The van der Waals surface area contributed by atoms with Crippen molar-refractivity contribution < 1.29 is 9.59 Å². The lowest BCUT2D eigenvalue weighted by atomic mass is 9.91. The lowest BCUT2D eigenvalue weighted by Crippen LogP contribution is -2.43. The summed E-state index contributed by atoms with van der Waals surface area (Å²) in [4.78, 5) is 32.3. The fourth-order valence-electron chi connectivity index (χ4n) is 2.94. The summed E-state index contributed by atoms with van der Waals surface area (Å²) in [5.41, 5.74) is 0.972. The molecule has 1 aliphatic carbocycles. The fraction of sp³-hybridized carbons (Fsp3) is 0.333. The van der Waals surface area contributed by atoms with E-state index in [1.165, 1.54) is 12.4 Å². The predicted octanol–water partition coefficient (Wildman–Crippen LogP) is 3.25. The summed E-state index contributed by atoms with van der Waals surface area (Å²) in [6, 6.07) is 6.66. The molecular formula is C18H18Cl2N4O2. The quantitative estimate of drug-likeness (QED) is 0.782. The van der Waals surface area contributed by atoms with Crippen LogP contribution < -0.4 is 10.6 Å². The number of pyridine rings is 2. The fourth-order valence-corrected chi connectivity index (χ4v) is 3.16. The van der Waals surface area contributed by atoms with Crippen LogP contribution in [0.5, 0.6) is 0 Å². The molecule has 1 fully saturated rings. The van der Waals surface area contributed by atoms with Gasteiger partial charge in [-0.05, 0) is 49.9 Å². The van der Waals surface area contributed by atoms with Crippen LogP contribution in [0.1, 0.15) is 46.4 Å². The first-order chi connectivity index (χ1) is 12.5. The Labute approximate surface area is 161 Å². The second-order valence-corrected chi connectivity index (χ2v) is 7.01. The normalized spacial score (nSPS) is 19.6. The second kappa shape index (κ2) is 8.47. The van der Waals surface area contributed by atoms with Gasteiger partial charge in [0.2, 0.25) is 0 Å². The van der Waals surface area contributed by atoms with Crippen LogP contribution in [0.3, 0.4) is 0 Å². The smallest absolute Gasteiger partial charge is 0.253 e. The number of aromatic nitrogens is 2. The van der Waals surface area contributed by atoms with Crippen molar-refractivity contribution in [3.8, 4) is 0 Å². The van der Waals surface area contributed by atoms with Crippen LogP contribution in [0.15, 0.2) is 36.7 Å². The number of carbonyl (C=O) groups excluding carboxylic acids is 2. The Morgan fingerprint density at radius 1 is 0.769 bits per heavy atom. The molecule has 0 radical (unpaired) electrons. The number of nitrogens with zero attached hydrogens (tertiary/aromatic N) is 2. The maximum absolute atomic E-state index is 12.2. The molecule has 2 amide bonds. The van der Waals surface area contributed by atoms with Crippen LogP contribution in [0.25, 0.3) is 0 Å². The Bertz CT molecular complexity index is 705. The van der Waals surface area contributed by atoms with Crippen LogP contribution in [-0.4, -0.2) is 33.9 Å². The van der Waals surface area contributed by atoms with E-state index in [0.717, 1.165) is 25.7 Å². The molecule has 2 aromatic heterocycles. The average Bonchev–Trinajstić information content (AvgIpc) is 2.64. The minimum absolute atomic E-state index is 0.0866. The molecule has 1 aliphatic rings. The molecule has 0 unspecified atom stereocenters. The standard InChI is InChI=1S/C18H18Cl2N4O2/c19-15-7-1-11(9-21-15)17(25)23-13-3-5-14(6-4-13)24-18(26)12-2-8-16(20)22-10-12/h1-2,7-10,13-14H,3-6H2,(H,23,25)(H,24,26). The van der Waals surface area contributed by atoms with Gasteiger partial charge in [0.05, 0.1) is 11.1 Å². The Hall–Kier alpha value is -2.18. The number of nitrogens with one attached hydrogen (secondary N) is 2. The van der Waals surface area contributed by atoms with E-state index >= 15 is 0 Å². The van der Waals surface area contributed by atoms with Crippen LogP contribution in [0, 0.1) is 0 Å². The van der Waals surface area contributed by atoms with Crippen molar-refractivity contribution in [3.05, 3.63) is 58.1 Å². The molecule has 0 aromatic carbocycles. The summed E-state index contributed by atoms with van der Waals surface area (Å²) < 4.78 is 0. The maximum Gasteiger partial charge on any atom is 0.253 e. The van der Waals surface area contributed by atoms with Gasteiger partial charge in [0.15, 0.2) is 0 Å². The lowest BCUT2D eigenvalue weighted by molar-refractivity contribution is 0.0891. The van der Waals surface area contributed by atoms with Crippen molar-refractivity contribution >= 4 is 35.0 Å². The van der Waals surface area contributed by atoms with Crippen molar-refractivity contribution in [2.45, 2.75) is 37.8 Å². The van der Waals surface area contributed by atoms with Gasteiger partial charge >= 0.3 is 0 Å². The molecule has 0 spiro atoms. The molecular weight excluding hydrogens is 375 g/mol. The predicted molar refractivity (Wildman–Crippen MR) is 99.5 cm³/mol. The topological polar surface area (TPSA) is 84.0 Å². The van der Waals surface area contributed by atoms with Gasteiger partial charge in [-0.3, -0.25) is 9.59 Å². The highest BCUT2D eigenvalue weighted by atomic mass is 35.5. The SMILES string of the molecule is O=C(NC1CCC(NC(=O)c2ccc(Cl)nc2)CC1)c1ccc(Cl)nc1. The summed E-state index contributed by atoms with van der Waals surface area (Å²) in [5, 5.41) is 6.72. The number of hydrogen-bond acceptors (Lipinski definition) is 4. The van der Waals surface area contributed by atoms with Gasteiger partial charge in [0.25, 0.3) is 11.8 Å². The third-order valence-electron chi connectivity index (χ3n) is 4.38. The van der Waals surface area contributed by atoms with Crippen LogP contribution >= 0.6 is 23.2 Å². The summed E-state index contributed by atoms with van der Waals surface area (Å²) in [6.45, 7) is 0. The number of carbonyl (C=O) groups is 2. The molecule has 0 atom stereocenters. The molecule has 26 heavy (non-hydrogen) atoms. The molecule has 0 aliphatic heterocycles. The van der Waals surface area contributed by atoms with Crippen LogP contribution in [0.4, 0.5) is 0 Å². The van der Waals surface area contributed by atoms with Crippen molar-refractivity contribution in [1.29, 1.82) is 0 Å². The van der Waals surface area contributed by atoms with E-state index < -0.39 is 0 Å². The molecule has 2 N–H and O–H groups in total. The zero-order chi connectivity index (χ0) is 18.5. The Kier molecular flexibility index (Phi) is 6.06. The monoisotopic (exact) mass is 392 g/mol. The summed E-state index contributed by atoms with van der Waals surface area (Å²) >= 11 is 11.5. The van der Waals surface area contributed by atoms with Gasteiger partial charge in [-0.2, -0.15) is 0 Å². The van der Waals surface area contributed by atoms with Gasteiger partial charge < -0.3 is 10.6 Å². The summed E-state index contributed by atoms with van der Waals surface area (Å²) in [6.07, 6.45) is 6.13. The number of rotatable bonds is 4. The van der Waals surface area contributed by atoms with E-state index in [2.05, 4.69) is 20.6 Å². The highest BCUT2D eigenvalue weighted by Crippen LogP contribution is 2.20. The van der Waals surface area contributed by atoms with Gasteiger partial charge in [0, 0.05) is 24.5 Å². The summed E-state index contributed by atoms with van der Waals surface area (Å²) in [7, 11) is 0. The third-order valence-corrected chi connectivity index (χ3v) is 4.82. The number of amides is 2. The number of hydrogen-bond donors (Lipinski definition) is 2. The van der Waals surface area contributed by atoms with Gasteiger partial charge in [0.1, 0.15) is 10.3 Å². The van der Waals surface area contributed by atoms with Crippen LogP contribution in [-0.2, 0) is 0 Å². The highest BCUT2D eigenvalue weighted by molar-refractivity contribution is 6.29. The van der Waals surface area contributed by atoms with Gasteiger partial charge in [-0.1, -0.05) is 23.2 Å². The zero-order valence-corrected chi connectivity index (χ0v) is 15.4. The number of halogens is 2. The van der Waals surface area contributed by atoms with E-state index in [1.807, 2.05) is 0 Å². The first kappa shape index (κ1) is 18.6. The summed E-state index contributed by atoms with van der Waals surface area (Å²) in [5.74, 6) is -0.317. The lowest BCUT2D eigenvalue weighted by Gasteiger charge is -2.29. The molecule has 8 heteroatoms. The molecule has 3 rings (SSSR count). The first-order valence-electron chi connectivity index (χ1n) is 8.36. The van der Waals surface area contributed by atoms with Crippen molar-refractivity contribution in [3.63, 3.8) is 0 Å². The Morgan fingerprint density at radius 2 is 1.15 bits per heavy atom.